The van der Waals surface area contributed by atoms with E-state index in [-0.39, 0.29) is 18.2 Å². The van der Waals surface area contributed by atoms with Crippen LogP contribution in [0, 0.1) is 0 Å². The molecule has 0 unspecified atom stereocenters. The minimum atomic E-state index is -0.105. The van der Waals surface area contributed by atoms with Crippen LogP contribution in [-0.2, 0) is 4.74 Å². The van der Waals surface area contributed by atoms with Crippen molar-refractivity contribution in [3.63, 3.8) is 0 Å². The first kappa shape index (κ1) is 14.6. The average Bonchev–Trinajstić information content (AvgIpc) is 2.38. The summed E-state index contributed by atoms with van der Waals surface area (Å²) in [6.45, 7) is 5.17. The summed E-state index contributed by atoms with van der Waals surface area (Å²) in [6, 6.07) is 3.62. The third-order valence-electron chi connectivity index (χ3n) is 3.16. The quantitative estimate of drug-likeness (QED) is 0.896. The van der Waals surface area contributed by atoms with E-state index < -0.39 is 0 Å². The Labute approximate surface area is 119 Å². The summed E-state index contributed by atoms with van der Waals surface area (Å²) in [6.07, 6.45) is 1.80. The molecule has 1 N–H and O–H groups in total. The van der Waals surface area contributed by atoms with Crippen molar-refractivity contribution in [3.05, 3.63) is 18.3 Å². The summed E-state index contributed by atoms with van der Waals surface area (Å²) < 4.78 is 5.62. The number of ether oxygens (including phenoxy) is 1. The van der Waals surface area contributed by atoms with Gasteiger partial charge in [0.2, 0.25) is 0 Å². The van der Waals surface area contributed by atoms with Crippen LogP contribution in [0.1, 0.15) is 13.8 Å². The molecule has 1 saturated heterocycles. The Morgan fingerprint density at radius 2 is 2.00 bits per heavy atom. The van der Waals surface area contributed by atoms with E-state index in [1.807, 2.05) is 45.0 Å². The lowest BCUT2D eigenvalue weighted by Crippen LogP contribution is -2.49. The Morgan fingerprint density at radius 1 is 1.35 bits per heavy atom. The molecule has 2 amide bonds. The van der Waals surface area contributed by atoms with E-state index in [0.29, 0.717) is 18.8 Å². The first-order valence-corrected chi connectivity index (χ1v) is 6.80. The minimum absolute atomic E-state index is 0.0683. The molecule has 0 spiro atoms. The summed E-state index contributed by atoms with van der Waals surface area (Å²) in [5.41, 5.74) is 0.701. The fourth-order valence-electron chi connectivity index (χ4n) is 2.27. The predicted molar refractivity (Wildman–Crippen MR) is 79.2 cm³/mol. The van der Waals surface area contributed by atoms with Crippen LogP contribution in [0.25, 0.3) is 0 Å². The minimum Gasteiger partial charge on any atom is -0.372 e. The van der Waals surface area contributed by atoms with Crippen molar-refractivity contribution in [2.24, 2.45) is 0 Å². The number of hydrogen-bond acceptors (Lipinski definition) is 4. The average molecular weight is 278 g/mol. The van der Waals surface area contributed by atoms with Gasteiger partial charge in [0.1, 0.15) is 5.82 Å². The van der Waals surface area contributed by atoms with Gasteiger partial charge in [0.25, 0.3) is 0 Å². The van der Waals surface area contributed by atoms with Crippen LogP contribution in [0.3, 0.4) is 0 Å². The Hall–Kier alpha value is -1.82. The molecule has 1 aromatic heterocycles. The Morgan fingerprint density at radius 3 is 2.50 bits per heavy atom. The molecule has 0 radical (unpaired) electrons. The van der Waals surface area contributed by atoms with Gasteiger partial charge >= 0.3 is 6.03 Å². The molecule has 6 heteroatoms. The van der Waals surface area contributed by atoms with Crippen molar-refractivity contribution in [1.82, 2.24) is 9.88 Å². The monoisotopic (exact) mass is 278 g/mol. The van der Waals surface area contributed by atoms with Crippen LogP contribution in [0.4, 0.5) is 16.3 Å². The van der Waals surface area contributed by atoms with Gasteiger partial charge in [-0.05, 0) is 26.0 Å². The van der Waals surface area contributed by atoms with Gasteiger partial charge in [0, 0.05) is 27.2 Å². The van der Waals surface area contributed by atoms with E-state index in [1.54, 1.807) is 11.1 Å². The van der Waals surface area contributed by atoms with Crippen molar-refractivity contribution < 1.29 is 9.53 Å². The number of carbonyl (C=O) groups is 1. The first-order chi connectivity index (χ1) is 9.45. The number of urea groups is 1. The molecule has 1 aliphatic heterocycles. The summed E-state index contributed by atoms with van der Waals surface area (Å²) in [4.78, 5) is 20.2. The molecule has 2 heterocycles. The van der Waals surface area contributed by atoms with Crippen molar-refractivity contribution in [1.29, 1.82) is 0 Å². The maximum Gasteiger partial charge on any atom is 0.322 e. The number of rotatable bonds is 2. The van der Waals surface area contributed by atoms with E-state index in [2.05, 4.69) is 10.3 Å². The van der Waals surface area contributed by atoms with Gasteiger partial charge in [-0.15, -0.1) is 0 Å². The normalized spacial score (nSPS) is 22.5. The van der Waals surface area contributed by atoms with Crippen LogP contribution >= 0.6 is 0 Å². The van der Waals surface area contributed by atoms with Gasteiger partial charge in [-0.3, -0.25) is 0 Å². The number of morpholine rings is 1. The highest BCUT2D eigenvalue weighted by molar-refractivity contribution is 5.89. The van der Waals surface area contributed by atoms with Crippen molar-refractivity contribution >= 4 is 17.5 Å². The van der Waals surface area contributed by atoms with Gasteiger partial charge in [0.15, 0.2) is 0 Å². The van der Waals surface area contributed by atoms with Crippen LogP contribution in [-0.4, -0.2) is 55.3 Å². The topological polar surface area (TPSA) is 57.7 Å². The van der Waals surface area contributed by atoms with E-state index in [9.17, 15) is 4.79 Å². The van der Waals surface area contributed by atoms with E-state index >= 15 is 0 Å². The lowest BCUT2D eigenvalue weighted by Gasteiger charge is -2.35. The Bertz CT molecular complexity index is 451. The molecule has 0 aromatic carbocycles. The molecule has 0 bridgehead atoms. The molecule has 0 aliphatic carbocycles. The number of anilines is 2. The second kappa shape index (κ2) is 6.09. The summed E-state index contributed by atoms with van der Waals surface area (Å²) in [7, 11) is 3.86. The SMILES string of the molecule is C[C@H]1CN(C(=O)Nc2ccc(N(C)C)nc2)C[C@H](C)O1. The van der Waals surface area contributed by atoms with E-state index in [0.717, 1.165) is 5.82 Å². The number of carbonyl (C=O) groups excluding carboxylic acids is 1. The number of amides is 2. The molecular weight excluding hydrogens is 256 g/mol. The first-order valence-electron chi connectivity index (χ1n) is 6.80. The number of nitrogens with zero attached hydrogens (tertiary/aromatic N) is 3. The largest absolute Gasteiger partial charge is 0.372 e. The standard InChI is InChI=1S/C14H22N4O2/c1-10-8-18(9-11(2)20-10)14(19)16-12-5-6-13(15-7-12)17(3)4/h5-7,10-11H,8-9H2,1-4H3,(H,16,19)/t10-,11-/m0/s1. The second-order valence-electron chi connectivity index (χ2n) is 5.39. The third kappa shape index (κ3) is 3.60. The second-order valence-corrected chi connectivity index (χ2v) is 5.39. The molecular formula is C14H22N4O2. The smallest absolute Gasteiger partial charge is 0.322 e. The fraction of sp³-hybridized carbons (Fsp3) is 0.571. The Balaban J connectivity index is 1.97. The summed E-state index contributed by atoms with van der Waals surface area (Å²) in [5.74, 6) is 0.858. The summed E-state index contributed by atoms with van der Waals surface area (Å²) >= 11 is 0. The highest BCUT2D eigenvalue weighted by Crippen LogP contribution is 2.15. The lowest BCUT2D eigenvalue weighted by molar-refractivity contribution is -0.0530. The van der Waals surface area contributed by atoms with Crippen molar-refractivity contribution in [3.8, 4) is 0 Å². The van der Waals surface area contributed by atoms with Crippen molar-refractivity contribution in [2.45, 2.75) is 26.1 Å². The van der Waals surface area contributed by atoms with Gasteiger partial charge < -0.3 is 19.9 Å². The van der Waals surface area contributed by atoms with Crippen molar-refractivity contribution in [2.75, 3.05) is 37.4 Å². The van der Waals surface area contributed by atoms with Gasteiger partial charge in [-0.2, -0.15) is 0 Å². The van der Waals surface area contributed by atoms with Gasteiger partial charge in [-0.25, -0.2) is 9.78 Å². The molecule has 6 nitrogen and oxygen atoms in total. The maximum absolute atomic E-state index is 12.2. The third-order valence-corrected chi connectivity index (χ3v) is 3.16. The summed E-state index contributed by atoms with van der Waals surface area (Å²) in [5, 5.41) is 2.87. The molecule has 1 aliphatic rings. The highest BCUT2D eigenvalue weighted by atomic mass is 16.5. The molecule has 1 fully saturated rings. The Kier molecular flexibility index (Phi) is 4.44. The van der Waals surface area contributed by atoms with Gasteiger partial charge in [-0.1, -0.05) is 0 Å². The van der Waals surface area contributed by atoms with E-state index in [1.165, 1.54) is 0 Å². The molecule has 2 atom stereocenters. The van der Waals surface area contributed by atoms with Crippen LogP contribution in [0.2, 0.25) is 0 Å². The number of aromatic nitrogens is 1. The molecule has 1 aromatic rings. The molecule has 0 saturated carbocycles. The lowest BCUT2D eigenvalue weighted by atomic mass is 10.2. The molecule has 2 rings (SSSR count). The zero-order valence-corrected chi connectivity index (χ0v) is 12.5. The zero-order valence-electron chi connectivity index (χ0n) is 12.5. The van der Waals surface area contributed by atoms with Crippen LogP contribution in [0.15, 0.2) is 18.3 Å². The molecule has 110 valence electrons. The van der Waals surface area contributed by atoms with Gasteiger partial charge in [0.05, 0.1) is 24.1 Å². The zero-order chi connectivity index (χ0) is 14.7. The highest BCUT2D eigenvalue weighted by Gasteiger charge is 2.25. The van der Waals surface area contributed by atoms with E-state index in [4.69, 9.17) is 4.74 Å². The maximum atomic E-state index is 12.2. The molecule has 20 heavy (non-hydrogen) atoms. The number of nitrogens with one attached hydrogen (secondary N) is 1. The fourth-order valence-corrected chi connectivity index (χ4v) is 2.27. The van der Waals surface area contributed by atoms with Crippen LogP contribution < -0.4 is 10.2 Å². The number of hydrogen-bond donors (Lipinski definition) is 1. The van der Waals surface area contributed by atoms with Crippen LogP contribution in [0.5, 0.6) is 0 Å². The predicted octanol–water partition coefficient (Wildman–Crippen LogP) is 1.79. The number of pyridine rings is 1.